The van der Waals surface area contributed by atoms with Gasteiger partial charge in [0.15, 0.2) is 0 Å². The molecule has 140 valence electrons. The normalized spacial score (nSPS) is 18.1. The highest BCUT2D eigenvalue weighted by Crippen LogP contribution is 2.35. The number of hydrogen-bond donors (Lipinski definition) is 2. The molecule has 7 heteroatoms. The van der Waals surface area contributed by atoms with Gasteiger partial charge in [0.25, 0.3) is 0 Å². The SMILES string of the molecule is O=C(Nc1ccc(Cl)cc1)N1CCC2(C=C(c3ccc(Cl)cc3)NO2)CC1. The van der Waals surface area contributed by atoms with E-state index in [2.05, 4.69) is 16.9 Å². The first-order chi connectivity index (χ1) is 13.0. The van der Waals surface area contributed by atoms with Gasteiger partial charge in [0, 0.05) is 41.7 Å². The molecule has 27 heavy (non-hydrogen) atoms. The fraction of sp³-hybridized carbons (Fsp3) is 0.250. The van der Waals surface area contributed by atoms with Crippen LogP contribution in [0, 0.1) is 0 Å². The standard InChI is InChI=1S/C20H19Cl2N3O2/c21-15-3-1-14(2-4-15)18-13-20(27-24-18)9-11-25(12-10-20)19(26)23-17-7-5-16(22)6-8-17/h1-8,13,24H,9-12H2,(H,23,26). The molecule has 2 aromatic rings. The number of urea groups is 1. The van der Waals surface area contributed by atoms with Gasteiger partial charge in [-0.15, -0.1) is 0 Å². The second-order valence-corrected chi connectivity index (χ2v) is 7.63. The van der Waals surface area contributed by atoms with Crippen molar-refractivity contribution >= 4 is 40.6 Å². The Labute approximate surface area is 167 Å². The minimum Gasteiger partial charge on any atom is -0.324 e. The average Bonchev–Trinajstić information content (AvgIpc) is 3.08. The Morgan fingerprint density at radius 3 is 2.22 bits per heavy atom. The Balaban J connectivity index is 1.37. The first kappa shape index (κ1) is 18.2. The highest BCUT2D eigenvalue weighted by Gasteiger charge is 2.39. The third-order valence-electron chi connectivity index (χ3n) is 4.92. The molecule has 0 bridgehead atoms. The fourth-order valence-electron chi connectivity index (χ4n) is 3.32. The molecule has 0 aromatic heterocycles. The number of hydrogen-bond acceptors (Lipinski definition) is 3. The van der Waals surface area contributed by atoms with Crippen molar-refractivity contribution in [1.29, 1.82) is 0 Å². The lowest BCUT2D eigenvalue weighted by Crippen LogP contribution is -2.48. The maximum absolute atomic E-state index is 12.5. The predicted octanol–water partition coefficient (Wildman–Crippen LogP) is 4.94. The molecule has 2 N–H and O–H groups in total. The molecule has 2 heterocycles. The summed E-state index contributed by atoms with van der Waals surface area (Å²) in [4.78, 5) is 20.2. The minimum absolute atomic E-state index is 0.111. The van der Waals surface area contributed by atoms with E-state index in [4.69, 9.17) is 28.0 Å². The van der Waals surface area contributed by atoms with E-state index in [-0.39, 0.29) is 11.6 Å². The second-order valence-electron chi connectivity index (χ2n) is 6.76. The lowest BCUT2D eigenvalue weighted by atomic mass is 9.90. The second kappa shape index (κ2) is 7.43. The fourth-order valence-corrected chi connectivity index (χ4v) is 3.57. The van der Waals surface area contributed by atoms with Gasteiger partial charge >= 0.3 is 6.03 Å². The molecule has 2 amide bonds. The number of likely N-dealkylation sites (tertiary alicyclic amines) is 1. The van der Waals surface area contributed by atoms with Gasteiger partial charge in [0.2, 0.25) is 0 Å². The Bertz CT molecular complexity index is 858. The van der Waals surface area contributed by atoms with E-state index in [9.17, 15) is 4.79 Å². The van der Waals surface area contributed by atoms with Crippen LogP contribution in [0.5, 0.6) is 0 Å². The minimum atomic E-state index is -0.383. The summed E-state index contributed by atoms with van der Waals surface area (Å²) in [6.45, 7) is 1.23. The van der Waals surface area contributed by atoms with Crippen molar-refractivity contribution < 1.29 is 9.63 Å². The predicted molar refractivity (Wildman–Crippen MR) is 108 cm³/mol. The van der Waals surface area contributed by atoms with Crippen LogP contribution in [0.25, 0.3) is 5.70 Å². The number of amides is 2. The summed E-state index contributed by atoms with van der Waals surface area (Å²) in [5.74, 6) is 0. The summed E-state index contributed by atoms with van der Waals surface area (Å²) in [5, 5.41) is 4.24. The molecule has 0 atom stereocenters. The molecule has 2 aliphatic heterocycles. The number of hydroxylamine groups is 1. The van der Waals surface area contributed by atoms with Crippen molar-refractivity contribution in [3.63, 3.8) is 0 Å². The zero-order valence-electron chi connectivity index (χ0n) is 14.5. The first-order valence-corrected chi connectivity index (χ1v) is 9.53. The number of piperidine rings is 1. The summed E-state index contributed by atoms with van der Waals surface area (Å²) in [7, 11) is 0. The molecule has 0 aliphatic carbocycles. The Hall–Kier alpha value is -2.21. The van der Waals surface area contributed by atoms with Crippen LogP contribution in [0.4, 0.5) is 10.5 Å². The molecule has 0 radical (unpaired) electrons. The van der Waals surface area contributed by atoms with Gasteiger partial charge in [-0.1, -0.05) is 35.3 Å². The van der Waals surface area contributed by atoms with Crippen LogP contribution in [-0.4, -0.2) is 29.6 Å². The van der Waals surface area contributed by atoms with Crippen molar-refractivity contribution in [2.75, 3.05) is 18.4 Å². The van der Waals surface area contributed by atoms with Crippen molar-refractivity contribution in [3.8, 4) is 0 Å². The number of benzene rings is 2. The van der Waals surface area contributed by atoms with E-state index in [1.807, 2.05) is 24.3 Å². The number of carbonyl (C=O) groups excluding carboxylic acids is 1. The van der Waals surface area contributed by atoms with E-state index in [1.54, 1.807) is 29.2 Å². The number of rotatable bonds is 2. The van der Waals surface area contributed by atoms with Crippen LogP contribution in [0.3, 0.4) is 0 Å². The molecule has 4 rings (SSSR count). The molecule has 1 saturated heterocycles. The number of carbonyl (C=O) groups is 1. The summed E-state index contributed by atoms with van der Waals surface area (Å²) in [6.07, 6.45) is 3.57. The quantitative estimate of drug-likeness (QED) is 0.746. The zero-order valence-corrected chi connectivity index (χ0v) is 16.1. The summed E-state index contributed by atoms with van der Waals surface area (Å²) >= 11 is 11.8. The van der Waals surface area contributed by atoms with Gasteiger partial charge in [-0.05, 0) is 48.0 Å². The lowest BCUT2D eigenvalue weighted by Gasteiger charge is -2.36. The molecule has 0 unspecified atom stereocenters. The van der Waals surface area contributed by atoms with Gasteiger partial charge in [-0.25, -0.2) is 4.79 Å². The molecule has 1 fully saturated rings. The van der Waals surface area contributed by atoms with Crippen LogP contribution in [0.2, 0.25) is 10.0 Å². The Kier molecular flexibility index (Phi) is 5.00. The third-order valence-corrected chi connectivity index (χ3v) is 5.42. The molecule has 2 aromatic carbocycles. The van der Waals surface area contributed by atoms with Gasteiger partial charge < -0.3 is 10.2 Å². The van der Waals surface area contributed by atoms with Gasteiger partial charge in [-0.2, -0.15) is 0 Å². The van der Waals surface area contributed by atoms with Gasteiger partial charge in [-0.3, -0.25) is 10.3 Å². The Morgan fingerprint density at radius 1 is 1.00 bits per heavy atom. The maximum atomic E-state index is 12.5. The molecule has 5 nitrogen and oxygen atoms in total. The summed E-state index contributed by atoms with van der Waals surface area (Å²) < 4.78 is 0. The van der Waals surface area contributed by atoms with Crippen molar-refractivity contribution in [3.05, 3.63) is 70.2 Å². The summed E-state index contributed by atoms with van der Waals surface area (Å²) in [5.41, 5.74) is 5.34. The van der Waals surface area contributed by atoms with Crippen LogP contribution >= 0.6 is 23.2 Å². The van der Waals surface area contributed by atoms with Gasteiger partial charge in [0.1, 0.15) is 5.60 Å². The van der Waals surface area contributed by atoms with Crippen LogP contribution in [-0.2, 0) is 4.84 Å². The number of nitrogens with one attached hydrogen (secondary N) is 2. The van der Waals surface area contributed by atoms with Crippen molar-refractivity contribution in [2.45, 2.75) is 18.4 Å². The largest absolute Gasteiger partial charge is 0.324 e. The maximum Gasteiger partial charge on any atom is 0.321 e. The van der Waals surface area contributed by atoms with Crippen LogP contribution in [0.15, 0.2) is 54.6 Å². The molecule has 2 aliphatic rings. The topological polar surface area (TPSA) is 53.6 Å². The summed E-state index contributed by atoms with van der Waals surface area (Å²) in [6, 6.07) is 14.6. The van der Waals surface area contributed by atoms with Gasteiger partial charge in [0.05, 0.1) is 5.70 Å². The number of nitrogens with zero attached hydrogens (tertiary/aromatic N) is 1. The van der Waals surface area contributed by atoms with Crippen molar-refractivity contribution in [2.24, 2.45) is 0 Å². The molecular weight excluding hydrogens is 385 g/mol. The molecule has 0 saturated carbocycles. The van der Waals surface area contributed by atoms with Crippen molar-refractivity contribution in [1.82, 2.24) is 10.4 Å². The van der Waals surface area contributed by atoms with Crippen LogP contribution < -0.4 is 10.8 Å². The highest BCUT2D eigenvalue weighted by molar-refractivity contribution is 6.30. The average molecular weight is 404 g/mol. The van der Waals surface area contributed by atoms with E-state index in [0.29, 0.717) is 23.1 Å². The van der Waals surface area contributed by atoms with Crippen LogP contribution in [0.1, 0.15) is 18.4 Å². The lowest BCUT2D eigenvalue weighted by molar-refractivity contribution is -0.0634. The van der Waals surface area contributed by atoms with E-state index in [1.165, 1.54) is 0 Å². The zero-order chi connectivity index (χ0) is 18.9. The highest BCUT2D eigenvalue weighted by atomic mass is 35.5. The molecular formula is C20H19Cl2N3O2. The number of halogens is 2. The Morgan fingerprint density at radius 2 is 1.59 bits per heavy atom. The number of anilines is 1. The smallest absolute Gasteiger partial charge is 0.321 e. The third kappa shape index (κ3) is 4.05. The monoisotopic (exact) mass is 403 g/mol. The first-order valence-electron chi connectivity index (χ1n) is 8.77. The van der Waals surface area contributed by atoms with E-state index in [0.717, 1.165) is 29.8 Å². The molecule has 1 spiro atoms. The van der Waals surface area contributed by atoms with E-state index >= 15 is 0 Å². The van der Waals surface area contributed by atoms with E-state index < -0.39 is 0 Å².